The maximum atomic E-state index is 5.85. The Morgan fingerprint density at radius 1 is 1.37 bits per heavy atom. The summed E-state index contributed by atoms with van der Waals surface area (Å²) >= 11 is 0. The Hall–Kier alpha value is -0.0800. The van der Waals surface area contributed by atoms with E-state index in [1.807, 2.05) is 0 Å². The van der Waals surface area contributed by atoms with Gasteiger partial charge in [-0.05, 0) is 20.3 Å². The minimum absolute atomic E-state index is 0. The van der Waals surface area contributed by atoms with Gasteiger partial charge in [-0.3, -0.25) is 9.89 Å². The first-order valence-electron chi connectivity index (χ1n) is 6.93. The fourth-order valence-corrected chi connectivity index (χ4v) is 2.00. The van der Waals surface area contributed by atoms with Gasteiger partial charge in [0.2, 0.25) is 0 Å². The summed E-state index contributed by atoms with van der Waals surface area (Å²) < 4.78 is 5.37. The number of unbranched alkanes of at least 4 members (excludes halogenated alkanes) is 1. The van der Waals surface area contributed by atoms with E-state index in [-0.39, 0.29) is 29.5 Å². The standard InChI is InChI=1S/C13H28N4O.HI/c1-4-5-6-15-12(14)16-11-13(2,3)17-7-9-18-10-8-17;/h4-11H2,1-3H3,(H3,14,15,16);1H. The van der Waals surface area contributed by atoms with Gasteiger partial charge in [0.15, 0.2) is 5.96 Å². The van der Waals surface area contributed by atoms with Crippen molar-refractivity contribution in [2.45, 2.75) is 39.2 Å². The van der Waals surface area contributed by atoms with Gasteiger partial charge in [-0.15, -0.1) is 24.0 Å². The molecule has 1 saturated heterocycles. The van der Waals surface area contributed by atoms with E-state index in [1.165, 1.54) is 6.42 Å². The average molecular weight is 384 g/mol. The lowest BCUT2D eigenvalue weighted by Crippen LogP contribution is -2.52. The Balaban J connectivity index is 0.00000324. The first-order valence-corrected chi connectivity index (χ1v) is 6.93. The molecule has 0 aromatic heterocycles. The third-order valence-corrected chi connectivity index (χ3v) is 3.34. The molecule has 0 aromatic carbocycles. The lowest BCUT2D eigenvalue weighted by atomic mass is 10.0. The van der Waals surface area contributed by atoms with Crippen LogP contribution < -0.4 is 11.1 Å². The van der Waals surface area contributed by atoms with Crippen molar-refractivity contribution in [2.75, 3.05) is 39.4 Å². The summed E-state index contributed by atoms with van der Waals surface area (Å²) in [4.78, 5) is 6.86. The monoisotopic (exact) mass is 384 g/mol. The number of morpholine rings is 1. The SMILES string of the molecule is CCCCNC(N)=NCC(C)(C)N1CCOCC1.I. The van der Waals surface area contributed by atoms with E-state index in [2.05, 4.69) is 36.0 Å². The third-order valence-electron chi connectivity index (χ3n) is 3.34. The zero-order valence-corrected chi connectivity index (χ0v) is 14.8. The first kappa shape index (κ1) is 18.9. The molecule has 1 heterocycles. The number of rotatable bonds is 6. The highest BCUT2D eigenvalue weighted by Gasteiger charge is 2.27. The summed E-state index contributed by atoms with van der Waals surface area (Å²) in [6.45, 7) is 11.8. The molecule has 1 fully saturated rings. The fourth-order valence-electron chi connectivity index (χ4n) is 2.00. The van der Waals surface area contributed by atoms with Crippen molar-refractivity contribution >= 4 is 29.9 Å². The Labute approximate surface area is 134 Å². The maximum absolute atomic E-state index is 5.85. The Kier molecular flexibility index (Phi) is 9.72. The topological polar surface area (TPSA) is 62.9 Å². The number of nitrogens with one attached hydrogen (secondary N) is 1. The molecular formula is C13H29IN4O. The lowest BCUT2D eigenvalue weighted by Gasteiger charge is -2.39. The fraction of sp³-hybridized carbons (Fsp3) is 0.923. The molecule has 1 rings (SSSR count). The zero-order chi connectivity index (χ0) is 13.4. The van der Waals surface area contributed by atoms with E-state index in [9.17, 15) is 0 Å². The van der Waals surface area contributed by atoms with E-state index in [4.69, 9.17) is 10.5 Å². The molecule has 5 nitrogen and oxygen atoms in total. The summed E-state index contributed by atoms with van der Waals surface area (Å²) in [6.07, 6.45) is 2.29. The van der Waals surface area contributed by atoms with Gasteiger partial charge < -0.3 is 15.8 Å². The van der Waals surface area contributed by atoms with E-state index >= 15 is 0 Å². The molecule has 0 aromatic rings. The average Bonchev–Trinajstić information content (AvgIpc) is 2.38. The van der Waals surface area contributed by atoms with Gasteiger partial charge in [0.25, 0.3) is 0 Å². The number of hydrogen-bond acceptors (Lipinski definition) is 3. The molecule has 0 saturated carbocycles. The molecule has 0 unspecified atom stereocenters. The van der Waals surface area contributed by atoms with Crippen molar-refractivity contribution in [1.29, 1.82) is 0 Å². The lowest BCUT2D eigenvalue weighted by molar-refractivity contribution is -0.00682. The number of nitrogens with two attached hydrogens (primary N) is 1. The van der Waals surface area contributed by atoms with Crippen LogP contribution in [0.25, 0.3) is 0 Å². The second-order valence-corrected chi connectivity index (χ2v) is 5.39. The van der Waals surface area contributed by atoms with Crippen molar-refractivity contribution < 1.29 is 4.74 Å². The number of aliphatic imine (C=N–C) groups is 1. The quantitative estimate of drug-likeness (QED) is 0.315. The van der Waals surface area contributed by atoms with E-state index < -0.39 is 0 Å². The van der Waals surface area contributed by atoms with Crippen molar-refractivity contribution in [2.24, 2.45) is 10.7 Å². The predicted molar refractivity (Wildman–Crippen MR) is 91.3 cm³/mol. The normalized spacial score (nSPS) is 17.9. The second kappa shape index (κ2) is 9.77. The van der Waals surface area contributed by atoms with Gasteiger partial charge in [-0.1, -0.05) is 13.3 Å². The molecule has 0 amide bonds. The van der Waals surface area contributed by atoms with Crippen molar-refractivity contribution in [1.82, 2.24) is 10.2 Å². The molecule has 0 bridgehead atoms. The van der Waals surface area contributed by atoms with Crippen LogP contribution in [0.3, 0.4) is 0 Å². The minimum Gasteiger partial charge on any atom is -0.379 e. The zero-order valence-electron chi connectivity index (χ0n) is 12.4. The van der Waals surface area contributed by atoms with E-state index in [0.717, 1.165) is 45.8 Å². The highest BCUT2D eigenvalue weighted by atomic mass is 127. The molecule has 0 aliphatic carbocycles. The maximum Gasteiger partial charge on any atom is 0.188 e. The number of halogens is 1. The summed E-state index contributed by atoms with van der Waals surface area (Å²) in [5, 5.41) is 3.14. The van der Waals surface area contributed by atoms with Crippen molar-refractivity contribution in [3.05, 3.63) is 0 Å². The van der Waals surface area contributed by atoms with Crippen molar-refractivity contribution in [3.63, 3.8) is 0 Å². The molecule has 6 heteroatoms. The highest BCUT2D eigenvalue weighted by molar-refractivity contribution is 14.0. The Morgan fingerprint density at radius 3 is 2.58 bits per heavy atom. The Bertz CT molecular complexity index is 265. The third kappa shape index (κ3) is 7.31. The van der Waals surface area contributed by atoms with Crippen LogP contribution in [0, 0.1) is 0 Å². The molecule has 1 aliphatic rings. The van der Waals surface area contributed by atoms with Crippen LogP contribution in [-0.2, 0) is 4.74 Å². The molecule has 0 radical (unpaired) electrons. The summed E-state index contributed by atoms with van der Waals surface area (Å²) in [5.41, 5.74) is 5.89. The van der Waals surface area contributed by atoms with Crippen LogP contribution in [0.5, 0.6) is 0 Å². The summed E-state index contributed by atoms with van der Waals surface area (Å²) in [7, 11) is 0. The highest BCUT2D eigenvalue weighted by Crippen LogP contribution is 2.16. The van der Waals surface area contributed by atoms with Crippen LogP contribution >= 0.6 is 24.0 Å². The first-order chi connectivity index (χ1) is 8.56. The van der Waals surface area contributed by atoms with Gasteiger partial charge >= 0.3 is 0 Å². The van der Waals surface area contributed by atoms with E-state index in [1.54, 1.807) is 0 Å². The van der Waals surface area contributed by atoms with Crippen LogP contribution in [0.1, 0.15) is 33.6 Å². The van der Waals surface area contributed by atoms with Crippen LogP contribution in [0.15, 0.2) is 4.99 Å². The number of hydrogen-bond donors (Lipinski definition) is 2. The molecule has 0 spiro atoms. The largest absolute Gasteiger partial charge is 0.379 e. The molecule has 0 atom stereocenters. The smallest absolute Gasteiger partial charge is 0.188 e. The Morgan fingerprint density at radius 2 is 2.00 bits per heavy atom. The van der Waals surface area contributed by atoms with Gasteiger partial charge in [0.05, 0.1) is 19.8 Å². The van der Waals surface area contributed by atoms with Crippen LogP contribution in [-0.4, -0.2) is 55.8 Å². The van der Waals surface area contributed by atoms with Gasteiger partial charge in [-0.25, -0.2) is 0 Å². The van der Waals surface area contributed by atoms with Crippen molar-refractivity contribution in [3.8, 4) is 0 Å². The molecular weight excluding hydrogens is 355 g/mol. The molecule has 114 valence electrons. The summed E-state index contributed by atoms with van der Waals surface area (Å²) in [5.74, 6) is 0.560. The van der Waals surface area contributed by atoms with Gasteiger partial charge in [0.1, 0.15) is 0 Å². The molecule has 1 aliphatic heterocycles. The van der Waals surface area contributed by atoms with Crippen LogP contribution in [0.2, 0.25) is 0 Å². The number of guanidine groups is 1. The molecule has 19 heavy (non-hydrogen) atoms. The van der Waals surface area contributed by atoms with E-state index in [0.29, 0.717) is 5.96 Å². The van der Waals surface area contributed by atoms with Gasteiger partial charge in [0, 0.05) is 25.2 Å². The summed E-state index contributed by atoms with van der Waals surface area (Å²) in [6, 6.07) is 0. The minimum atomic E-state index is 0. The van der Waals surface area contributed by atoms with Gasteiger partial charge in [-0.2, -0.15) is 0 Å². The number of nitrogens with zero attached hydrogens (tertiary/aromatic N) is 2. The second-order valence-electron chi connectivity index (χ2n) is 5.39. The van der Waals surface area contributed by atoms with Crippen LogP contribution in [0.4, 0.5) is 0 Å². The number of ether oxygens (including phenoxy) is 1. The molecule has 3 N–H and O–H groups in total. The predicted octanol–water partition coefficient (Wildman–Crippen LogP) is 1.42.